The molecule has 0 spiro atoms. The molecule has 0 fully saturated rings. The van der Waals surface area contributed by atoms with Crippen LogP contribution in [0.4, 0.5) is 17.1 Å². The largest absolute Gasteiger partial charge is 0.310 e. The van der Waals surface area contributed by atoms with Crippen LogP contribution >= 0.6 is 11.3 Å². The number of rotatable bonds is 5. The number of thiophene rings is 1. The molecule has 9 aromatic carbocycles. The molecule has 11 rings (SSSR count). The minimum atomic E-state index is -0.155. The van der Waals surface area contributed by atoms with Gasteiger partial charge in [0.2, 0.25) is 0 Å². The van der Waals surface area contributed by atoms with Crippen LogP contribution in [0.2, 0.25) is 0 Å². The summed E-state index contributed by atoms with van der Waals surface area (Å²) < 4.78 is 2.65. The Hall–Kier alpha value is -6.48. The third-order valence-electron chi connectivity index (χ3n) is 11.8. The van der Waals surface area contributed by atoms with E-state index in [4.69, 9.17) is 0 Å². The van der Waals surface area contributed by atoms with Gasteiger partial charge in [-0.05, 0) is 103 Å². The molecule has 0 aliphatic heterocycles. The highest BCUT2D eigenvalue weighted by molar-refractivity contribution is 7.25. The Balaban J connectivity index is 1.13. The van der Waals surface area contributed by atoms with Crippen molar-refractivity contribution in [1.29, 1.82) is 0 Å². The van der Waals surface area contributed by atoms with Crippen LogP contribution in [0, 0.1) is 0 Å². The molecule has 0 atom stereocenters. The van der Waals surface area contributed by atoms with Crippen molar-refractivity contribution >= 4 is 70.1 Å². The van der Waals surface area contributed by atoms with Crippen LogP contribution in [-0.4, -0.2) is 0 Å². The Kier molecular flexibility index (Phi) is 7.14. The average molecular weight is 720 g/mol. The summed E-state index contributed by atoms with van der Waals surface area (Å²) in [4.78, 5) is 2.49. The van der Waals surface area contributed by atoms with Crippen LogP contribution < -0.4 is 4.90 Å². The van der Waals surface area contributed by atoms with Crippen LogP contribution in [0.3, 0.4) is 0 Å². The Labute approximate surface area is 325 Å². The second-order valence-corrected chi connectivity index (χ2v) is 16.4. The zero-order valence-electron chi connectivity index (χ0n) is 30.8. The van der Waals surface area contributed by atoms with E-state index < -0.39 is 0 Å². The summed E-state index contributed by atoms with van der Waals surface area (Å²) in [7, 11) is 0. The van der Waals surface area contributed by atoms with E-state index in [1.54, 1.807) is 0 Å². The van der Waals surface area contributed by atoms with Crippen LogP contribution in [0.1, 0.15) is 25.0 Å². The third kappa shape index (κ3) is 4.92. The molecular formula is C53H37NS. The fraction of sp³-hybridized carbons (Fsp3) is 0.0566. The predicted octanol–water partition coefficient (Wildman–Crippen LogP) is 15.5. The number of hydrogen-bond donors (Lipinski definition) is 0. The van der Waals surface area contributed by atoms with E-state index in [2.05, 4.69) is 207 Å². The number of hydrogen-bond acceptors (Lipinski definition) is 2. The maximum absolute atomic E-state index is 2.49. The molecule has 0 saturated heterocycles. The van der Waals surface area contributed by atoms with E-state index in [-0.39, 0.29) is 5.41 Å². The molecule has 1 heterocycles. The highest BCUT2D eigenvalue weighted by Gasteiger charge is 2.39. The number of anilines is 3. The first-order chi connectivity index (χ1) is 27.0. The molecule has 0 bridgehead atoms. The molecule has 0 amide bonds. The van der Waals surface area contributed by atoms with E-state index in [1.807, 2.05) is 11.3 Å². The highest BCUT2D eigenvalue weighted by Crippen LogP contribution is 2.57. The molecule has 1 aliphatic rings. The quantitative estimate of drug-likeness (QED) is 0.171. The fourth-order valence-electron chi connectivity index (χ4n) is 9.31. The third-order valence-corrected chi connectivity index (χ3v) is 13.0. The first-order valence-electron chi connectivity index (χ1n) is 19.1. The topological polar surface area (TPSA) is 3.24 Å². The number of nitrogens with zero attached hydrogens (tertiary/aromatic N) is 1. The fourth-order valence-corrected chi connectivity index (χ4v) is 10.4. The zero-order chi connectivity index (χ0) is 36.7. The van der Waals surface area contributed by atoms with E-state index in [0.717, 1.165) is 11.4 Å². The lowest BCUT2D eigenvalue weighted by Crippen LogP contribution is -2.16. The molecule has 0 N–H and O–H groups in total. The van der Waals surface area contributed by atoms with Gasteiger partial charge in [0.25, 0.3) is 0 Å². The Morgan fingerprint density at radius 3 is 1.76 bits per heavy atom. The van der Waals surface area contributed by atoms with Crippen LogP contribution in [0.25, 0.3) is 75.1 Å². The Morgan fingerprint density at radius 2 is 0.982 bits per heavy atom. The summed E-state index contributed by atoms with van der Waals surface area (Å²) in [5, 5.41) is 7.75. The molecule has 10 aromatic rings. The van der Waals surface area contributed by atoms with E-state index in [1.165, 1.54) is 91.9 Å². The molecule has 260 valence electrons. The normalized spacial score (nSPS) is 13.1. The summed E-state index contributed by atoms with van der Waals surface area (Å²) in [6.07, 6.45) is 0. The van der Waals surface area contributed by atoms with Gasteiger partial charge in [0.05, 0.1) is 5.69 Å². The molecule has 0 unspecified atom stereocenters. The monoisotopic (exact) mass is 719 g/mol. The van der Waals surface area contributed by atoms with Gasteiger partial charge in [-0.15, -0.1) is 11.3 Å². The summed E-state index contributed by atoms with van der Waals surface area (Å²) in [6.45, 7) is 4.78. The van der Waals surface area contributed by atoms with Gasteiger partial charge < -0.3 is 4.90 Å². The maximum Gasteiger partial charge on any atom is 0.0549 e. The highest BCUT2D eigenvalue weighted by atomic mass is 32.1. The van der Waals surface area contributed by atoms with Gasteiger partial charge in [-0.3, -0.25) is 0 Å². The van der Waals surface area contributed by atoms with Crippen molar-refractivity contribution in [2.24, 2.45) is 0 Å². The summed E-state index contributed by atoms with van der Waals surface area (Å²) >= 11 is 1.87. The van der Waals surface area contributed by atoms with Crippen molar-refractivity contribution in [2.45, 2.75) is 19.3 Å². The Bertz CT molecular complexity index is 3110. The lowest BCUT2D eigenvalue weighted by molar-refractivity contribution is 0.666. The summed E-state index contributed by atoms with van der Waals surface area (Å²) in [6, 6.07) is 69.6. The Morgan fingerprint density at radius 1 is 0.436 bits per heavy atom. The van der Waals surface area contributed by atoms with Gasteiger partial charge in [0, 0.05) is 42.5 Å². The van der Waals surface area contributed by atoms with Gasteiger partial charge in [-0.2, -0.15) is 0 Å². The van der Waals surface area contributed by atoms with Crippen LogP contribution in [0.5, 0.6) is 0 Å². The van der Waals surface area contributed by atoms with Crippen molar-refractivity contribution in [2.75, 3.05) is 4.90 Å². The van der Waals surface area contributed by atoms with Crippen molar-refractivity contribution in [3.63, 3.8) is 0 Å². The van der Waals surface area contributed by atoms with Crippen molar-refractivity contribution < 1.29 is 0 Å². The van der Waals surface area contributed by atoms with Crippen LogP contribution in [-0.2, 0) is 5.41 Å². The molecular weight excluding hydrogens is 683 g/mol. The minimum absolute atomic E-state index is 0.155. The van der Waals surface area contributed by atoms with E-state index >= 15 is 0 Å². The second kappa shape index (κ2) is 12.3. The second-order valence-electron chi connectivity index (χ2n) is 15.3. The van der Waals surface area contributed by atoms with Crippen molar-refractivity contribution in [3.8, 4) is 33.4 Å². The van der Waals surface area contributed by atoms with Crippen molar-refractivity contribution in [1.82, 2.24) is 0 Å². The molecule has 1 nitrogen and oxygen atoms in total. The first kappa shape index (κ1) is 32.0. The first-order valence-corrected chi connectivity index (χ1v) is 19.9. The standard InChI is InChI=1S/C53H37NS/c1-53(2)46-22-9-7-18-44(46)51-47(33-37-14-4-6-17-43(37)52(51)53)54(38-29-25-35(26-30-38)41-20-11-15-34-13-3-5-16-40(34)41)39-31-27-36(28-32-39)42-21-12-24-49-50(42)45-19-8-10-23-48(45)55-49/h3-33H,1-2H3. The predicted molar refractivity (Wildman–Crippen MR) is 237 cm³/mol. The average Bonchev–Trinajstić information content (AvgIpc) is 3.74. The maximum atomic E-state index is 2.49. The lowest BCUT2D eigenvalue weighted by atomic mass is 9.80. The minimum Gasteiger partial charge on any atom is -0.310 e. The summed E-state index contributed by atoms with van der Waals surface area (Å²) in [5.74, 6) is 0. The van der Waals surface area contributed by atoms with E-state index in [0.29, 0.717) is 0 Å². The van der Waals surface area contributed by atoms with Gasteiger partial charge in [0.1, 0.15) is 0 Å². The summed E-state index contributed by atoms with van der Waals surface area (Å²) in [5.41, 5.74) is 13.7. The SMILES string of the molecule is CC1(C)c2ccccc2-c2c(N(c3ccc(-c4cccc5ccccc45)cc3)c3ccc(-c4cccc5sc6ccccc6c45)cc3)cc3ccccc3c21. The molecule has 1 aromatic heterocycles. The van der Waals surface area contributed by atoms with Gasteiger partial charge in [-0.1, -0.05) is 159 Å². The van der Waals surface area contributed by atoms with Gasteiger partial charge in [0.15, 0.2) is 0 Å². The number of fused-ring (bicyclic) bond motifs is 9. The smallest absolute Gasteiger partial charge is 0.0549 e. The van der Waals surface area contributed by atoms with Gasteiger partial charge >= 0.3 is 0 Å². The molecule has 0 saturated carbocycles. The molecule has 2 heteroatoms. The molecule has 0 radical (unpaired) electrons. The molecule has 1 aliphatic carbocycles. The number of benzene rings is 9. The van der Waals surface area contributed by atoms with Gasteiger partial charge in [-0.25, -0.2) is 0 Å². The zero-order valence-corrected chi connectivity index (χ0v) is 31.6. The van der Waals surface area contributed by atoms with Crippen LogP contribution in [0.15, 0.2) is 188 Å². The van der Waals surface area contributed by atoms with E-state index in [9.17, 15) is 0 Å². The molecule has 55 heavy (non-hydrogen) atoms. The van der Waals surface area contributed by atoms with Crippen molar-refractivity contribution in [3.05, 3.63) is 199 Å². The lowest BCUT2D eigenvalue weighted by Gasteiger charge is -2.30.